The normalized spacial score (nSPS) is 10.4. The summed E-state index contributed by atoms with van der Waals surface area (Å²) in [5.41, 5.74) is 0.462. The number of esters is 1. The molecular formula is C17H18N2O4S. The van der Waals surface area contributed by atoms with E-state index in [-0.39, 0.29) is 12.3 Å². The van der Waals surface area contributed by atoms with Gasteiger partial charge in [-0.2, -0.15) is 0 Å². The standard InChI is InChI=1S/C17H18N2O4S/c1-4-7-18(8-5-2)13-11-15-12(9-14(13)19(21)22)10-16(24-15)17(20)23-6-3/h4-5,9-11H,1-2,6-8H2,3H3. The van der Waals surface area contributed by atoms with Crippen molar-refractivity contribution in [3.05, 3.63) is 58.5 Å². The highest BCUT2D eigenvalue weighted by atomic mass is 32.1. The van der Waals surface area contributed by atoms with Crippen molar-refractivity contribution in [2.75, 3.05) is 24.6 Å². The Kier molecular flexibility index (Phi) is 5.70. The lowest BCUT2D eigenvalue weighted by Crippen LogP contribution is -2.23. The molecule has 126 valence electrons. The minimum absolute atomic E-state index is 0.0144. The van der Waals surface area contributed by atoms with Crippen LogP contribution < -0.4 is 4.90 Å². The van der Waals surface area contributed by atoms with Gasteiger partial charge in [0, 0.05) is 29.2 Å². The van der Waals surface area contributed by atoms with Gasteiger partial charge in [-0.15, -0.1) is 24.5 Å². The van der Waals surface area contributed by atoms with Gasteiger partial charge in [0.1, 0.15) is 10.6 Å². The van der Waals surface area contributed by atoms with Crippen LogP contribution in [-0.2, 0) is 4.74 Å². The van der Waals surface area contributed by atoms with Crippen LogP contribution in [-0.4, -0.2) is 30.6 Å². The van der Waals surface area contributed by atoms with Crippen LogP contribution in [0.3, 0.4) is 0 Å². The number of thiophene rings is 1. The summed E-state index contributed by atoms with van der Waals surface area (Å²) in [6.07, 6.45) is 3.35. The summed E-state index contributed by atoms with van der Waals surface area (Å²) in [4.78, 5) is 25.1. The summed E-state index contributed by atoms with van der Waals surface area (Å²) in [6, 6.07) is 4.84. The van der Waals surface area contributed by atoms with Crippen LogP contribution >= 0.6 is 11.3 Å². The number of fused-ring (bicyclic) bond motifs is 1. The molecule has 0 fully saturated rings. The Morgan fingerprint density at radius 1 is 1.33 bits per heavy atom. The number of hydrogen-bond donors (Lipinski definition) is 0. The Balaban J connectivity index is 2.58. The average molecular weight is 346 g/mol. The third-order valence-electron chi connectivity index (χ3n) is 3.33. The zero-order chi connectivity index (χ0) is 17.7. The maximum atomic E-state index is 11.9. The molecule has 0 aliphatic heterocycles. The lowest BCUT2D eigenvalue weighted by molar-refractivity contribution is -0.384. The molecule has 0 saturated heterocycles. The highest BCUT2D eigenvalue weighted by Gasteiger charge is 2.22. The number of anilines is 1. The fraction of sp³-hybridized carbons (Fsp3) is 0.235. The van der Waals surface area contributed by atoms with Crippen LogP contribution in [0.1, 0.15) is 16.6 Å². The zero-order valence-electron chi connectivity index (χ0n) is 13.4. The van der Waals surface area contributed by atoms with Gasteiger partial charge in [-0.25, -0.2) is 4.79 Å². The largest absolute Gasteiger partial charge is 0.462 e. The van der Waals surface area contributed by atoms with E-state index in [1.807, 2.05) is 0 Å². The monoisotopic (exact) mass is 346 g/mol. The molecular weight excluding hydrogens is 328 g/mol. The average Bonchev–Trinajstić information content (AvgIpc) is 2.96. The van der Waals surface area contributed by atoms with Gasteiger partial charge < -0.3 is 9.64 Å². The first-order valence-corrected chi connectivity index (χ1v) is 8.19. The molecule has 1 aromatic carbocycles. The van der Waals surface area contributed by atoms with E-state index in [0.29, 0.717) is 29.0 Å². The molecule has 0 N–H and O–H groups in total. The van der Waals surface area contributed by atoms with Crippen LogP contribution in [0.25, 0.3) is 10.1 Å². The molecule has 2 rings (SSSR count). The second-order valence-electron chi connectivity index (χ2n) is 4.95. The van der Waals surface area contributed by atoms with Gasteiger partial charge in [0.15, 0.2) is 0 Å². The molecule has 0 unspecified atom stereocenters. The van der Waals surface area contributed by atoms with E-state index in [1.54, 1.807) is 36.1 Å². The number of benzene rings is 1. The van der Waals surface area contributed by atoms with Gasteiger partial charge in [-0.3, -0.25) is 10.1 Å². The van der Waals surface area contributed by atoms with E-state index < -0.39 is 10.9 Å². The molecule has 6 nitrogen and oxygen atoms in total. The van der Waals surface area contributed by atoms with Gasteiger partial charge in [0.25, 0.3) is 5.69 Å². The first kappa shape index (κ1) is 17.7. The van der Waals surface area contributed by atoms with Crippen molar-refractivity contribution in [2.45, 2.75) is 6.92 Å². The highest BCUT2D eigenvalue weighted by Crippen LogP contribution is 2.37. The van der Waals surface area contributed by atoms with Crippen LogP contribution in [0.4, 0.5) is 11.4 Å². The third-order valence-corrected chi connectivity index (χ3v) is 4.40. The Labute approximate surface area is 143 Å². The second-order valence-corrected chi connectivity index (χ2v) is 6.03. The summed E-state index contributed by atoms with van der Waals surface area (Å²) >= 11 is 1.26. The Hall–Kier alpha value is -2.67. The van der Waals surface area contributed by atoms with Crippen LogP contribution in [0.15, 0.2) is 43.5 Å². The lowest BCUT2D eigenvalue weighted by atomic mass is 10.2. The molecule has 2 aromatic rings. The van der Waals surface area contributed by atoms with Crippen LogP contribution in [0, 0.1) is 10.1 Å². The number of nitro groups is 1. The van der Waals surface area contributed by atoms with E-state index in [4.69, 9.17) is 4.74 Å². The molecule has 24 heavy (non-hydrogen) atoms. The smallest absolute Gasteiger partial charge is 0.348 e. The van der Waals surface area contributed by atoms with Crippen molar-refractivity contribution in [1.29, 1.82) is 0 Å². The minimum Gasteiger partial charge on any atom is -0.462 e. The number of hydrogen-bond acceptors (Lipinski definition) is 6. The molecule has 0 amide bonds. The van der Waals surface area contributed by atoms with Crippen molar-refractivity contribution >= 4 is 38.8 Å². The van der Waals surface area contributed by atoms with Crippen LogP contribution in [0.5, 0.6) is 0 Å². The highest BCUT2D eigenvalue weighted by molar-refractivity contribution is 7.20. The third kappa shape index (κ3) is 3.62. The van der Waals surface area contributed by atoms with Crippen molar-refractivity contribution in [1.82, 2.24) is 0 Å². The van der Waals surface area contributed by atoms with Gasteiger partial charge >= 0.3 is 5.97 Å². The summed E-state index contributed by atoms with van der Waals surface area (Å²) in [7, 11) is 0. The Bertz CT molecular complexity index is 787. The number of carbonyl (C=O) groups excluding carboxylic acids is 1. The van der Waals surface area contributed by atoms with Crippen molar-refractivity contribution in [3.63, 3.8) is 0 Å². The van der Waals surface area contributed by atoms with E-state index >= 15 is 0 Å². The van der Waals surface area contributed by atoms with E-state index in [2.05, 4.69) is 13.2 Å². The van der Waals surface area contributed by atoms with E-state index in [1.165, 1.54) is 17.4 Å². The number of carbonyl (C=O) groups is 1. The second kappa shape index (κ2) is 7.74. The molecule has 0 atom stereocenters. The summed E-state index contributed by atoms with van der Waals surface area (Å²) < 4.78 is 5.78. The predicted molar refractivity (Wildman–Crippen MR) is 97.0 cm³/mol. The molecule has 1 aromatic heterocycles. The molecule has 0 bridgehead atoms. The molecule has 0 aliphatic carbocycles. The number of nitrogens with zero attached hydrogens (tertiary/aromatic N) is 2. The summed E-state index contributed by atoms with van der Waals surface area (Å²) in [5.74, 6) is -0.419. The van der Waals surface area contributed by atoms with Crippen molar-refractivity contribution in [2.24, 2.45) is 0 Å². The van der Waals surface area contributed by atoms with E-state index in [9.17, 15) is 14.9 Å². The molecule has 0 saturated carbocycles. The SMILES string of the molecule is C=CCN(CC=C)c1cc2sc(C(=O)OCC)cc2cc1[N+](=O)[O-]. The molecule has 0 radical (unpaired) electrons. The molecule has 7 heteroatoms. The lowest BCUT2D eigenvalue weighted by Gasteiger charge is -2.21. The van der Waals surface area contributed by atoms with Gasteiger partial charge in [-0.1, -0.05) is 12.2 Å². The quantitative estimate of drug-likeness (QED) is 0.310. The first-order chi connectivity index (χ1) is 11.5. The number of rotatable bonds is 8. The van der Waals surface area contributed by atoms with Gasteiger partial charge in [0.05, 0.1) is 11.5 Å². The van der Waals surface area contributed by atoms with Gasteiger partial charge in [0.2, 0.25) is 0 Å². The summed E-state index contributed by atoms with van der Waals surface area (Å²) in [5, 5.41) is 12.1. The Morgan fingerprint density at radius 2 is 2.00 bits per heavy atom. The van der Waals surface area contributed by atoms with Crippen molar-refractivity contribution < 1.29 is 14.5 Å². The fourth-order valence-corrected chi connectivity index (χ4v) is 3.32. The van der Waals surface area contributed by atoms with E-state index in [0.717, 1.165) is 4.70 Å². The predicted octanol–water partition coefficient (Wildman–Crippen LogP) is 4.16. The summed E-state index contributed by atoms with van der Waals surface area (Å²) in [6.45, 7) is 10.3. The molecule has 0 aliphatic rings. The first-order valence-electron chi connectivity index (χ1n) is 7.37. The maximum absolute atomic E-state index is 11.9. The topological polar surface area (TPSA) is 72.7 Å². The van der Waals surface area contributed by atoms with Gasteiger partial charge in [-0.05, 0) is 19.1 Å². The molecule has 0 spiro atoms. The fourth-order valence-electron chi connectivity index (χ4n) is 2.35. The molecule has 1 heterocycles. The Morgan fingerprint density at radius 3 is 2.54 bits per heavy atom. The maximum Gasteiger partial charge on any atom is 0.348 e. The van der Waals surface area contributed by atoms with Crippen LogP contribution in [0.2, 0.25) is 0 Å². The number of ether oxygens (including phenoxy) is 1. The minimum atomic E-state index is -0.421. The number of nitro benzene ring substituents is 1. The zero-order valence-corrected chi connectivity index (χ0v) is 14.2. The van der Waals surface area contributed by atoms with Crippen molar-refractivity contribution in [3.8, 4) is 0 Å².